The molecule has 152 valence electrons. The summed E-state index contributed by atoms with van der Waals surface area (Å²) in [6.07, 6.45) is 0.830. The van der Waals surface area contributed by atoms with Crippen LogP contribution in [0.1, 0.15) is 53.9 Å². The normalized spacial score (nSPS) is 12.9. The van der Waals surface area contributed by atoms with Crippen LogP contribution in [0, 0.1) is 5.82 Å². The van der Waals surface area contributed by atoms with Gasteiger partial charge in [0, 0.05) is 42.3 Å². The van der Waals surface area contributed by atoms with Gasteiger partial charge in [-0.15, -0.1) is 0 Å². The molecule has 1 amide bonds. The van der Waals surface area contributed by atoms with Gasteiger partial charge in [0.05, 0.1) is 11.4 Å². The molecule has 0 radical (unpaired) electrons. The first-order valence-electron chi connectivity index (χ1n) is 10.0. The average molecular weight is 402 g/mol. The largest absolute Gasteiger partial charge is 0.334 e. The Bertz CT molecular complexity index is 1140. The molecule has 1 aromatic heterocycles. The third kappa shape index (κ3) is 3.41. The Morgan fingerprint density at radius 2 is 1.80 bits per heavy atom. The van der Waals surface area contributed by atoms with E-state index in [1.807, 2.05) is 38.1 Å². The van der Waals surface area contributed by atoms with Gasteiger partial charge < -0.3 is 4.90 Å². The fourth-order valence-electron chi connectivity index (χ4n) is 4.10. The van der Waals surface area contributed by atoms with Crippen molar-refractivity contribution < 1.29 is 14.0 Å². The van der Waals surface area contributed by atoms with Gasteiger partial charge in [-0.05, 0) is 29.2 Å². The lowest BCUT2D eigenvalue weighted by Crippen LogP contribution is -2.27. The third-order valence-corrected chi connectivity index (χ3v) is 5.59. The molecule has 4 rings (SSSR count). The monoisotopic (exact) mass is 402 g/mol. The summed E-state index contributed by atoms with van der Waals surface area (Å²) in [4.78, 5) is 31.3. The molecule has 2 aromatic carbocycles. The smallest absolute Gasteiger partial charge is 0.220 e. The molecule has 5 heteroatoms. The summed E-state index contributed by atoms with van der Waals surface area (Å²) in [6, 6.07) is 14.0. The molecule has 0 aliphatic carbocycles. The molecule has 1 aliphatic heterocycles. The molecule has 0 fully saturated rings. The highest BCUT2D eigenvalue weighted by molar-refractivity contribution is 5.94. The summed E-state index contributed by atoms with van der Waals surface area (Å²) in [5.74, 6) is -0.372. The van der Waals surface area contributed by atoms with Crippen LogP contribution in [0.5, 0.6) is 0 Å². The zero-order valence-corrected chi connectivity index (χ0v) is 17.3. The number of hydrogen-bond acceptors (Lipinski definition) is 3. The van der Waals surface area contributed by atoms with Crippen LogP contribution in [0.15, 0.2) is 48.5 Å². The van der Waals surface area contributed by atoms with E-state index < -0.39 is 0 Å². The summed E-state index contributed by atoms with van der Waals surface area (Å²) in [5, 5.41) is 0. The highest BCUT2D eigenvalue weighted by Gasteiger charge is 2.28. The lowest BCUT2D eigenvalue weighted by atomic mass is 9.88. The summed E-state index contributed by atoms with van der Waals surface area (Å²) < 4.78 is 13.6. The fourth-order valence-corrected chi connectivity index (χ4v) is 4.10. The first kappa shape index (κ1) is 20.0. The molecule has 4 nitrogen and oxygen atoms in total. The Balaban J connectivity index is 2.13. The molecular weight excluding hydrogens is 379 g/mol. The number of carbonyl (C=O) groups excluding carboxylic acids is 2. The number of halogens is 1. The number of fused-ring (bicyclic) bond motifs is 3. The van der Waals surface area contributed by atoms with Gasteiger partial charge in [0.2, 0.25) is 5.91 Å². The van der Waals surface area contributed by atoms with E-state index in [9.17, 15) is 14.0 Å². The van der Waals surface area contributed by atoms with Crippen LogP contribution in [0.25, 0.3) is 22.4 Å². The van der Waals surface area contributed by atoms with Gasteiger partial charge in [-0.3, -0.25) is 14.6 Å². The third-order valence-electron chi connectivity index (χ3n) is 5.59. The van der Waals surface area contributed by atoms with E-state index in [4.69, 9.17) is 4.98 Å². The average Bonchev–Trinajstić information content (AvgIpc) is 2.90. The molecule has 2 heterocycles. The molecular formula is C25H23FN2O2. The molecule has 0 bridgehead atoms. The maximum Gasteiger partial charge on any atom is 0.220 e. The highest BCUT2D eigenvalue weighted by atomic mass is 19.1. The topological polar surface area (TPSA) is 50.3 Å². The zero-order valence-electron chi connectivity index (χ0n) is 17.3. The van der Waals surface area contributed by atoms with Crippen LogP contribution in [-0.2, 0) is 17.9 Å². The van der Waals surface area contributed by atoms with E-state index in [0.29, 0.717) is 24.3 Å². The highest BCUT2D eigenvalue weighted by Crippen LogP contribution is 2.40. The number of amides is 1. The van der Waals surface area contributed by atoms with Gasteiger partial charge in [-0.25, -0.2) is 4.39 Å². The van der Waals surface area contributed by atoms with Crippen molar-refractivity contribution in [1.29, 1.82) is 0 Å². The van der Waals surface area contributed by atoms with Crippen molar-refractivity contribution in [2.45, 2.75) is 39.8 Å². The minimum Gasteiger partial charge on any atom is -0.334 e. The second-order valence-corrected chi connectivity index (χ2v) is 7.92. The maximum absolute atomic E-state index is 13.6. The molecule has 0 atom stereocenters. The van der Waals surface area contributed by atoms with Crippen molar-refractivity contribution in [1.82, 2.24) is 9.88 Å². The Kier molecular flexibility index (Phi) is 5.20. The molecule has 0 saturated carbocycles. The second kappa shape index (κ2) is 7.82. The Labute approximate surface area is 175 Å². The molecule has 1 aliphatic rings. The van der Waals surface area contributed by atoms with Crippen molar-refractivity contribution in [3.05, 3.63) is 76.7 Å². The van der Waals surface area contributed by atoms with Crippen molar-refractivity contribution >= 4 is 12.2 Å². The molecule has 3 aromatic rings. The van der Waals surface area contributed by atoms with E-state index >= 15 is 0 Å². The van der Waals surface area contributed by atoms with Gasteiger partial charge in [0.25, 0.3) is 0 Å². The molecule has 0 saturated heterocycles. The molecule has 0 spiro atoms. The van der Waals surface area contributed by atoms with Gasteiger partial charge in [-0.2, -0.15) is 0 Å². The minimum atomic E-state index is -0.341. The van der Waals surface area contributed by atoms with Crippen molar-refractivity contribution in [3.63, 3.8) is 0 Å². The molecule has 0 unspecified atom stereocenters. The number of benzene rings is 2. The van der Waals surface area contributed by atoms with E-state index in [-0.39, 0.29) is 17.6 Å². The van der Waals surface area contributed by atoms with Crippen LogP contribution < -0.4 is 0 Å². The minimum absolute atomic E-state index is 0.0222. The number of carbonyl (C=O) groups is 2. The van der Waals surface area contributed by atoms with Crippen LogP contribution in [0.2, 0.25) is 0 Å². The van der Waals surface area contributed by atoms with Crippen molar-refractivity contribution in [3.8, 4) is 22.4 Å². The molecule has 0 N–H and O–H groups in total. The summed E-state index contributed by atoms with van der Waals surface area (Å²) in [7, 11) is 0. The number of aromatic nitrogens is 1. The summed E-state index contributed by atoms with van der Waals surface area (Å²) in [5.41, 5.74) is 6.23. The zero-order chi connectivity index (χ0) is 21.4. The second-order valence-electron chi connectivity index (χ2n) is 7.92. The lowest BCUT2D eigenvalue weighted by molar-refractivity contribution is -0.130. The van der Waals surface area contributed by atoms with Crippen LogP contribution in [0.3, 0.4) is 0 Å². The van der Waals surface area contributed by atoms with Gasteiger partial charge in [0.15, 0.2) is 6.29 Å². The lowest BCUT2D eigenvalue weighted by Gasteiger charge is -2.23. The predicted molar refractivity (Wildman–Crippen MR) is 114 cm³/mol. The van der Waals surface area contributed by atoms with Crippen molar-refractivity contribution in [2.75, 3.05) is 0 Å². The van der Waals surface area contributed by atoms with E-state index in [0.717, 1.165) is 39.8 Å². The quantitative estimate of drug-likeness (QED) is 0.555. The van der Waals surface area contributed by atoms with Gasteiger partial charge >= 0.3 is 0 Å². The number of nitrogens with zero attached hydrogens (tertiary/aromatic N) is 2. The first-order chi connectivity index (χ1) is 14.4. The summed E-state index contributed by atoms with van der Waals surface area (Å²) in [6.45, 7) is 6.35. The van der Waals surface area contributed by atoms with Crippen LogP contribution >= 0.6 is 0 Å². The Morgan fingerprint density at radius 1 is 1.10 bits per heavy atom. The number of pyridine rings is 1. The van der Waals surface area contributed by atoms with E-state index in [1.54, 1.807) is 24.0 Å². The van der Waals surface area contributed by atoms with E-state index in [2.05, 4.69) is 0 Å². The predicted octanol–water partition coefficient (Wildman–Crippen LogP) is 5.35. The Morgan fingerprint density at radius 3 is 2.43 bits per heavy atom. The number of aldehydes is 1. The number of hydrogen-bond donors (Lipinski definition) is 0. The molecule has 30 heavy (non-hydrogen) atoms. The SMILES string of the molecule is CC(=O)N1Cc2ccccc2-c2nc(C(C)C)c(C=O)c(-c3ccc(F)cc3)c2C1. The Hall–Kier alpha value is -3.34. The van der Waals surface area contributed by atoms with Gasteiger partial charge in [-0.1, -0.05) is 50.2 Å². The maximum atomic E-state index is 13.6. The standard InChI is InChI=1S/C25H23FN2O2/c1-15(2)24-22(14-29)23(17-8-10-19(26)11-9-17)21-13-28(16(3)30)12-18-6-4-5-7-20(18)25(21)27-24/h4-11,14-15H,12-13H2,1-3H3. The summed E-state index contributed by atoms with van der Waals surface area (Å²) >= 11 is 0. The number of rotatable bonds is 3. The van der Waals surface area contributed by atoms with Crippen LogP contribution in [-0.4, -0.2) is 22.1 Å². The van der Waals surface area contributed by atoms with E-state index in [1.165, 1.54) is 12.1 Å². The van der Waals surface area contributed by atoms with Crippen molar-refractivity contribution in [2.24, 2.45) is 0 Å². The van der Waals surface area contributed by atoms with Crippen LogP contribution in [0.4, 0.5) is 4.39 Å². The first-order valence-corrected chi connectivity index (χ1v) is 10.0. The fraction of sp³-hybridized carbons (Fsp3) is 0.240. The van der Waals surface area contributed by atoms with Gasteiger partial charge in [0.1, 0.15) is 5.82 Å².